The van der Waals surface area contributed by atoms with Gasteiger partial charge >= 0.3 is 0 Å². The first kappa shape index (κ1) is 12.5. The Bertz CT molecular complexity index is 267. The van der Waals surface area contributed by atoms with E-state index < -0.39 is 0 Å². The van der Waals surface area contributed by atoms with Gasteiger partial charge in [0.25, 0.3) is 0 Å². The van der Waals surface area contributed by atoms with E-state index in [9.17, 15) is 0 Å². The van der Waals surface area contributed by atoms with Crippen LogP contribution in [-0.2, 0) is 0 Å². The van der Waals surface area contributed by atoms with E-state index in [4.69, 9.17) is 0 Å². The molecule has 0 saturated heterocycles. The third-order valence-corrected chi connectivity index (χ3v) is 5.97. The smallest absolute Gasteiger partial charge is 0.000423 e. The van der Waals surface area contributed by atoms with Crippen molar-refractivity contribution < 1.29 is 0 Å². The third-order valence-electron chi connectivity index (χ3n) is 4.57. The normalized spacial score (nSPS) is 35.1. The average Bonchev–Trinajstić information content (AvgIpc) is 2.22. The molecule has 2 aliphatic rings. The lowest BCUT2D eigenvalue weighted by Crippen LogP contribution is -2.32. The quantitative estimate of drug-likeness (QED) is 0.630. The zero-order chi connectivity index (χ0) is 11.5. The molecule has 0 N–H and O–H groups in total. The predicted octanol–water partition coefficient (Wildman–Crippen LogP) is 4.90. The fourth-order valence-corrected chi connectivity index (χ4v) is 4.67. The Kier molecular flexibility index (Phi) is 4.41. The molecule has 1 fully saturated rings. The van der Waals surface area contributed by atoms with Gasteiger partial charge in [-0.25, -0.2) is 0 Å². The second-order valence-electron chi connectivity index (χ2n) is 5.69. The van der Waals surface area contributed by atoms with Crippen LogP contribution in [0.1, 0.15) is 52.9 Å². The fourth-order valence-electron chi connectivity index (χ4n) is 3.27. The highest BCUT2D eigenvalue weighted by Gasteiger charge is 2.34. The first-order chi connectivity index (χ1) is 7.74. The summed E-state index contributed by atoms with van der Waals surface area (Å²) in [6.07, 6.45) is 7.06. The minimum atomic E-state index is 0.832. The molecule has 0 spiro atoms. The number of allylic oxidation sites excluding steroid dienone is 2. The molecule has 2 rings (SSSR count). The highest BCUT2D eigenvalue weighted by Crippen LogP contribution is 2.46. The molecular weight excluding hydrogens is 212 g/mol. The Morgan fingerprint density at radius 2 is 2.06 bits per heavy atom. The Hall–Kier alpha value is 0.0900. The number of rotatable bonds is 3. The Balaban J connectivity index is 2.14. The van der Waals surface area contributed by atoms with Gasteiger partial charge in [-0.15, -0.1) is 0 Å². The van der Waals surface area contributed by atoms with E-state index >= 15 is 0 Å². The SMILES string of the molecule is CCCCC1=C(C)C2CCC2CSCC1C. The molecule has 0 aromatic carbocycles. The molecule has 1 heterocycles. The number of hydrogen-bond donors (Lipinski definition) is 0. The summed E-state index contributed by atoms with van der Waals surface area (Å²) in [6.45, 7) is 7.19. The second-order valence-corrected chi connectivity index (χ2v) is 6.77. The molecule has 0 radical (unpaired) electrons. The summed E-state index contributed by atoms with van der Waals surface area (Å²) < 4.78 is 0. The van der Waals surface area contributed by atoms with Crippen LogP contribution in [0.25, 0.3) is 0 Å². The number of unbranched alkanes of at least 4 members (excludes halogenated alkanes) is 1. The van der Waals surface area contributed by atoms with Crippen molar-refractivity contribution in [2.24, 2.45) is 17.8 Å². The molecule has 0 aromatic heterocycles. The highest BCUT2D eigenvalue weighted by molar-refractivity contribution is 7.99. The first-order valence-corrected chi connectivity index (χ1v) is 8.16. The molecule has 0 nitrogen and oxygen atoms in total. The molecular formula is C15H26S. The van der Waals surface area contributed by atoms with Crippen molar-refractivity contribution in [1.29, 1.82) is 0 Å². The lowest BCUT2D eigenvalue weighted by molar-refractivity contribution is 0.237. The second kappa shape index (κ2) is 5.62. The van der Waals surface area contributed by atoms with E-state index in [1.165, 1.54) is 43.6 Å². The summed E-state index contributed by atoms with van der Waals surface area (Å²) in [5.74, 6) is 5.60. The van der Waals surface area contributed by atoms with Gasteiger partial charge in [-0.3, -0.25) is 0 Å². The van der Waals surface area contributed by atoms with E-state index in [-0.39, 0.29) is 0 Å². The lowest BCUT2D eigenvalue weighted by Gasteiger charge is -2.41. The van der Waals surface area contributed by atoms with Gasteiger partial charge < -0.3 is 0 Å². The zero-order valence-corrected chi connectivity index (χ0v) is 11.9. The average molecular weight is 238 g/mol. The van der Waals surface area contributed by atoms with E-state index in [1.54, 1.807) is 5.57 Å². The lowest BCUT2D eigenvalue weighted by atomic mass is 9.68. The zero-order valence-electron chi connectivity index (χ0n) is 11.1. The molecule has 1 aliphatic heterocycles. The monoisotopic (exact) mass is 238 g/mol. The number of thioether (sulfide) groups is 1. The minimum Gasteiger partial charge on any atom is -0.161 e. The van der Waals surface area contributed by atoms with Gasteiger partial charge in [-0.05, 0) is 61.9 Å². The van der Waals surface area contributed by atoms with Gasteiger partial charge in [-0.2, -0.15) is 11.8 Å². The maximum atomic E-state index is 2.44. The van der Waals surface area contributed by atoms with Crippen LogP contribution in [-0.4, -0.2) is 11.5 Å². The molecule has 1 aliphatic carbocycles. The van der Waals surface area contributed by atoms with Crippen molar-refractivity contribution in [3.63, 3.8) is 0 Å². The van der Waals surface area contributed by atoms with Gasteiger partial charge in [0.15, 0.2) is 0 Å². The Morgan fingerprint density at radius 3 is 2.69 bits per heavy atom. The standard InChI is InChI=1S/C15H26S/c1-4-5-6-14-11(2)9-16-10-13-7-8-15(13)12(14)3/h11,13,15H,4-10H2,1-3H3. The summed E-state index contributed by atoms with van der Waals surface area (Å²) in [5, 5.41) is 0. The molecule has 0 aromatic rings. The van der Waals surface area contributed by atoms with Crippen LogP contribution in [0.4, 0.5) is 0 Å². The van der Waals surface area contributed by atoms with Crippen LogP contribution in [0, 0.1) is 17.8 Å². The fraction of sp³-hybridized carbons (Fsp3) is 0.867. The predicted molar refractivity (Wildman–Crippen MR) is 74.9 cm³/mol. The first-order valence-electron chi connectivity index (χ1n) is 7.01. The minimum absolute atomic E-state index is 0.832. The van der Waals surface area contributed by atoms with E-state index in [0.29, 0.717) is 0 Å². The van der Waals surface area contributed by atoms with Gasteiger partial charge in [0.1, 0.15) is 0 Å². The molecule has 0 amide bonds. The summed E-state index contributed by atoms with van der Waals surface area (Å²) >= 11 is 2.21. The van der Waals surface area contributed by atoms with E-state index in [1.807, 2.05) is 5.57 Å². The topological polar surface area (TPSA) is 0 Å². The van der Waals surface area contributed by atoms with Crippen molar-refractivity contribution in [3.05, 3.63) is 11.1 Å². The van der Waals surface area contributed by atoms with Crippen molar-refractivity contribution >= 4 is 11.8 Å². The van der Waals surface area contributed by atoms with Crippen LogP contribution in [0.2, 0.25) is 0 Å². The molecule has 1 heteroatoms. The van der Waals surface area contributed by atoms with Crippen molar-refractivity contribution in [2.75, 3.05) is 11.5 Å². The van der Waals surface area contributed by atoms with Crippen LogP contribution in [0.5, 0.6) is 0 Å². The van der Waals surface area contributed by atoms with Gasteiger partial charge in [-0.1, -0.05) is 31.4 Å². The molecule has 0 bridgehead atoms. The van der Waals surface area contributed by atoms with Gasteiger partial charge in [0.05, 0.1) is 0 Å². The van der Waals surface area contributed by atoms with Crippen LogP contribution >= 0.6 is 11.8 Å². The van der Waals surface area contributed by atoms with Crippen molar-refractivity contribution in [3.8, 4) is 0 Å². The molecule has 3 atom stereocenters. The third kappa shape index (κ3) is 2.50. The van der Waals surface area contributed by atoms with Crippen molar-refractivity contribution in [2.45, 2.75) is 52.9 Å². The summed E-state index contributed by atoms with van der Waals surface area (Å²) in [5.41, 5.74) is 3.61. The number of fused-ring (bicyclic) bond motifs is 1. The summed E-state index contributed by atoms with van der Waals surface area (Å²) in [7, 11) is 0. The molecule has 16 heavy (non-hydrogen) atoms. The number of hydrogen-bond acceptors (Lipinski definition) is 1. The summed E-state index contributed by atoms with van der Waals surface area (Å²) in [6, 6.07) is 0. The largest absolute Gasteiger partial charge is 0.161 e. The van der Waals surface area contributed by atoms with Crippen molar-refractivity contribution in [1.82, 2.24) is 0 Å². The maximum Gasteiger partial charge on any atom is -0.000423 e. The Labute approximate surface area is 105 Å². The molecule has 1 saturated carbocycles. The molecule has 92 valence electrons. The van der Waals surface area contributed by atoms with Crippen LogP contribution in [0.15, 0.2) is 11.1 Å². The van der Waals surface area contributed by atoms with Crippen LogP contribution in [0.3, 0.4) is 0 Å². The maximum absolute atomic E-state index is 2.44. The molecule has 3 unspecified atom stereocenters. The van der Waals surface area contributed by atoms with Crippen LogP contribution < -0.4 is 0 Å². The highest BCUT2D eigenvalue weighted by atomic mass is 32.2. The van der Waals surface area contributed by atoms with E-state index in [0.717, 1.165) is 17.8 Å². The van der Waals surface area contributed by atoms with Gasteiger partial charge in [0, 0.05) is 0 Å². The van der Waals surface area contributed by atoms with Gasteiger partial charge in [0.2, 0.25) is 0 Å². The Morgan fingerprint density at radius 1 is 1.25 bits per heavy atom. The summed E-state index contributed by atoms with van der Waals surface area (Å²) in [4.78, 5) is 0. The van der Waals surface area contributed by atoms with E-state index in [2.05, 4.69) is 32.5 Å².